The second-order valence-electron chi connectivity index (χ2n) is 6.20. The number of anilines is 1. The van der Waals surface area contributed by atoms with Gasteiger partial charge in [0, 0.05) is 30.8 Å². The van der Waals surface area contributed by atoms with Gasteiger partial charge in [0.25, 0.3) is 5.69 Å². The van der Waals surface area contributed by atoms with E-state index >= 15 is 0 Å². The number of fused-ring (bicyclic) bond motifs is 1. The number of carbonyl (C=O) groups excluding carboxylic acids is 1. The average molecular weight is 289 g/mol. The van der Waals surface area contributed by atoms with E-state index in [-0.39, 0.29) is 11.5 Å². The minimum Gasteiger partial charge on any atom is -0.365 e. The maximum atomic E-state index is 11.4. The van der Waals surface area contributed by atoms with Crippen LogP contribution in [0.3, 0.4) is 0 Å². The highest BCUT2D eigenvalue weighted by Crippen LogP contribution is 2.50. The Morgan fingerprint density at radius 3 is 2.43 bits per heavy atom. The summed E-state index contributed by atoms with van der Waals surface area (Å²) in [6.07, 6.45) is 0. The standard InChI is InChI=1S/C15H19N3O3/c1-9(19)10-4-5-13(14(6-10)18(20)21)17-7-11-12(8-17)15(11)16(2)3/h4-6,11-12,15H,7-8H2,1-3H3/t11-,12+,15?. The molecule has 6 heteroatoms. The number of nitrogens with zero attached hydrogens (tertiary/aromatic N) is 3. The molecule has 2 fully saturated rings. The number of nitro benzene ring substituents is 1. The Morgan fingerprint density at radius 2 is 1.95 bits per heavy atom. The van der Waals surface area contributed by atoms with Crippen LogP contribution in [0.15, 0.2) is 18.2 Å². The van der Waals surface area contributed by atoms with E-state index in [0.29, 0.717) is 29.1 Å². The molecule has 3 atom stereocenters. The van der Waals surface area contributed by atoms with E-state index < -0.39 is 4.92 Å². The summed E-state index contributed by atoms with van der Waals surface area (Å²) in [6.45, 7) is 3.13. The van der Waals surface area contributed by atoms with Crippen molar-refractivity contribution in [1.82, 2.24) is 4.90 Å². The van der Waals surface area contributed by atoms with Crippen LogP contribution in [0.1, 0.15) is 17.3 Å². The van der Waals surface area contributed by atoms with Crippen LogP contribution in [-0.4, -0.2) is 48.8 Å². The van der Waals surface area contributed by atoms with Gasteiger partial charge in [0.1, 0.15) is 5.69 Å². The highest BCUT2D eigenvalue weighted by Gasteiger charge is 2.57. The van der Waals surface area contributed by atoms with Gasteiger partial charge in [-0.25, -0.2) is 0 Å². The molecule has 1 aliphatic heterocycles. The van der Waals surface area contributed by atoms with Crippen molar-refractivity contribution in [3.63, 3.8) is 0 Å². The molecule has 0 aromatic heterocycles. The number of carbonyl (C=O) groups is 1. The van der Waals surface area contributed by atoms with Gasteiger partial charge in [-0.3, -0.25) is 14.9 Å². The molecular weight excluding hydrogens is 270 g/mol. The molecular formula is C15H19N3O3. The van der Waals surface area contributed by atoms with E-state index in [2.05, 4.69) is 23.9 Å². The van der Waals surface area contributed by atoms with E-state index in [4.69, 9.17) is 0 Å². The average Bonchev–Trinajstić information content (AvgIpc) is 2.94. The molecule has 0 N–H and O–H groups in total. The van der Waals surface area contributed by atoms with Crippen molar-refractivity contribution in [2.75, 3.05) is 32.1 Å². The summed E-state index contributed by atoms with van der Waals surface area (Å²) in [5.41, 5.74) is 1.06. The topological polar surface area (TPSA) is 66.7 Å². The first-order valence-corrected chi connectivity index (χ1v) is 7.11. The molecule has 21 heavy (non-hydrogen) atoms. The molecule has 0 bridgehead atoms. The van der Waals surface area contributed by atoms with Crippen LogP contribution in [-0.2, 0) is 0 Å². The number of piperidine rings is 1. The van der Waals surface area contributed by atoms with Crippen LogP contribution >= 0.6 is 0 Å². The smallest absolute Gasteiger partial charge is 0.293 e. The number of nitro groups is 1. The highest BCUT2D eigenvalue weighted by molar-refractivity contribution is 5.95. The third-order valence-electron chi connectivity index (χ3n) is 4.66. The lowest BCUT2D eigenvalue weighted by atomic mass is 10.1. The Morgan fingerprint density at radius 1 is 1.33 bits per heavy atom. The zero-order valence-electron chi connectivity index (χ0n) is 12.4. The van der Waals surface area contributed by atoms with Crippen molar-refractivity contribution in [3.8, 4) is 0 Å². The third kappa shape index (κ3) is 2.29. The van der Waals surface area contributed by atoms with Gasteiger partial charge in [0.2, 0.25) is 0 Å². The number of hydrogen-bond donors (Lipinski definition) is 0. The van der Waals surface area contributed by atoms with E-state index in [9.17, 15) is 14.9 Å². The number of hydrogen-bond acceptors (Lipinski definition) is 5. The van der Waals surface area contributed by atoms with Crippen LogP contribution < -0.4 is 4.90 Å². The first-order valence-electron chi connectivity index (χ1n) is 7.11. The van der Waals surface area contributed by atoms with Gasteiger partial charge < -0.3 is 9.80 Å². The fourth-order valence-electron chi connectivity index (χ4n) is 3.61. The van der Waals surface area contributed by atoms with Gasteiger partial charge in [-0.05, 0) is 45.0 Å². The molecule has 1 aromatic carbocycles. The summed E-state index contributed by atoms with van der Waals surface area (Å²) in [5, 5.41) is 11.3. The lowest BCUT2D eigenvalue weighted by Crippen LogP contribution is -2.31. The predicted octanol–water partition coefficient (Wildman–Crippen LogP) is 1.79. The number of benzene rings is 1. The van der Waals surface area contributed by atoms with Gasteiger partial charge in [0.05, 0.1) is 4.92 Å². The summed E-state index contributed by atoms with van der Waals surface area (Å²) in [6, 6.07) is 5.39. The van der Waals surface area contributed by atoms with Gasteiger partial charge in [0.15, 0.2) is 5.78 Å². The molecule has 3 rings (SSSR count). The summed E-state index contributed by atoms with van der Waals surface area (Å²) in [4.78, 5) is 26.6. The minimum atomic E-state index is -0.394. The fraction of sp³-hybridized carbons (Fsp3) is 0.533. The summed E-state index contributed by atoms with van der Waals surface area (Å²) >= 11 is 0. The second-order valence-corrected chi connectivity index (χ2v) is 6.20. The molecule has 2 aliphatic rings. The van der Waals surface area contributed by atoms with Crippen LogP contribution in [0.5, 0.6) is 0 Å². The van der Waals surface area contributed by atoms with Gasteiger partial charge in [-0.2, -0.15) is 0 Å². The Balaban J connectivity index is 1.84. The Labute approximate surface area is 123 Å². The first kappa shape index (κ1) is 14.0. The molecule has 6 nitrogen and oxygen atoms in total. The SMILES string of the molecule is CC(=O)c1ccc(N2C[C@@H]3C(N(C)C)[C@@H]3C2)c([N+](=O)[O-])c1. The summed E-state index contributed by atoms with van der Waals surface area (Å²) in [7, 11) is 4.16. The lowest BCUT2D eigenvalue weighted by molar-refractivity contribution is -0.384. The molecule has 1 aromatic rings. The van der Waals surface area contributed by atoms with Crippen LogP contribution in [0.2, 0.25) is 0 Å². The van der Waals surface area contributed by atoms with E-state index in [0.717, 1.165) is 13.1 Å². The fourth-order valence-corrected chi connectivity index (χ4v) is 3.61. The maximum absolute atomic E-state index is 11.4. The number of ketones is 1. The van der Waals surface area contributed by atoms with E-state index in [1.54, 1.807) is 12.1 Å². The van der Waals surface area contributed by atoms with Crippen molar-refractivity contribution < 1.29 is 9.72 Å². The molecule has 0 spiro atoms. The number of Topliss-reactive ketones (excluding diaryl/α,β-unsaturated/α-hetero) is 1. The van der Waals surface area contributed by atoms with E-state index in [1.165, 1.54) is 13.0 Å². The Hall–Kier alpha value is -1.95. The molecule has 0 amide bonds. The van der Waals surface area contributed by atoms with Crippen molar-refractivity contribution >= 4 is 17.2 Å². The minimum absolute atomic E-state index is 0.0328. The molecule has 1 heterocycles. The van der Waals surface area contributed by atoms with Crippen LogP contribution in [0, 0.1) is 22.0 Å². The molecule has 0 radical (unpaired) electrons. The van der Waals surface area contributed by atoms with Crippen LogP contribution in [0.25, 0.3) is 0 Å². The lowest BCUT2D eigenvalue weighted by Gasteiger charge is -2.23. The van der Waals surface area contributed by atoms with Crippen molar-refractivity contribution in [2.45, 2.75) is 13.0 Å². The molecule has 1 saturated heterocycles. The molecule has 112 valence electrons. The Kier molecular flexibility index (Phi) is 3.20. The molecule has 1 saturated carbocycles. The van der Waals surface area contributed by atoms with E-state index in [1.807, 2.05) is 0 Å². The molecule has 1 unspecified atom stereocenters. The van der Waals surface area contributed by atoms with Crippen molar-refractivity contribution in [3.05, 3.63) is 33.9 Å². The zero-order chi connectivity index (χ0) is 15.3. The Bertz CT molecular complexity index is 602. The van der Waals surface area contributed by atoms with Crippen molar-refractivity contribution in [1.29, 1.82) is 0 Å². The number of rotatable bonds is 4. The largest absolute Gasteiger partial charge is 0.365 e. The third-order valence-corrected chi connectivity index (χ3v) is 4.66. The second kappa shape index (κ2) is 4.80. The molecule has 1 aliphatic carbocycles. The van der Waals surface area contributed by atoms with Gasteiger partial charge in [-0.1, -0.05) is 0 Å². The monoisotopic (exact) mass is 289 g/mol. The predicted molar refractivity (Wildman–Crippen MR) is 79.8 cm³/mol. The first-order chi connectivity index (χ1) is 9.90. The van der Waals surface area contributed by atoms with Gasteiger partial charge in [-0.15, -0.1) is 0 Å². The van der Waals surface area contributed by atoms with Gasteiger partial charge >= 0.3 is 0 Å². The highest BCUT2D eigenvalue weighted by atomic mass is 16.6. The summed E-state index contributed by atoms with van der Waals surface area (Å²) in [5.74, 6) is 1.06. The zero-order valence-corrected chi connectivity index (χ0v) is 12.4. The van der Waals surface area contributed by atoms with Crippen LogP contribution in [0.4, 0.5) is 11.4 Å². The summed E-state index contributed by atoms with van der Waals surface area (Å²) < 4.78 is 0. The quantitative estimate of drug-likeness (QED) is 0.480. The normalized spacial score (nSPS) is 26.9. The maximum Gasteiger partial charge on any atom is 0.293 e. The van der Waals surface area contributed by atoms with Crippen molar-refractivity contribution in [2.24, 2.45) is 11.8 Å².